The van der Waals surface area contributed by atoms with E-state index in [1.807, 2.05) is 6.92 Å². The van der Waals surface area contributed by atoms with Crippen molar-refractivity contribution in [2.75, 3.05) is 0 Å². The number of allylic oxidation sites excluding steroid dienone is 2. The summed E-state index contributed by atoms with van der Waals surface area (Å²) in [5, 5.41) is 24.5. The Labute approximate surface area is 156 Å². The molecule has 0 radical (unpaired) electrons. The maximum atomic E-state index is 12.1. The molecule has 0 saturated heterocycles. The van der Waals surface area contributed by atoms with Gasteiger partial charge in [0.05, 0.1) is 16.7 Å². The van der Waals surface area contributed by atoms with Gasteiger partial charge in [-0.3, -0.25) is 14.9 Å². The summed E-state index contributed by atoms with van der Waals surface area (Å²) in [4.78, 5) is 22.5. The molecule has 0 saturated carbocycles. The van der Waals surface area contributed by atoms with Crippen molar-refractivity contribution in [3.05, 3.63) is 67.0 Å². The number of halogens is 2. The van der Waals surface area contributed by atoms with Crippen LogP contribution in [0.1, 0.15) is 45.2 Å². The van der Waals surface area contributed by atoms with Crippen LogP contribution in [-0.2, 0) is 4.79 Å². The van der Waals surface area contributed by atoms with Crippen LogP contribution in [0.15, 0.2) is 41.3 Å². The Hall–Kier alpha value is -2.05. The van der Waals surface area contributed by atoms with Gasteiger partial charge in [0, 0.05) is 35.0 Å². The van der Waals surface area contributed by atoms with Crippen LogP contribution in [0, 0.1) is 10.1 Å². The molecule has 1 rings (SSSR count). The summed E-state index contributed by atoms with van der Waals surface area (Å²) < 4.78 is 0. The molecule has 0 heterocycles. The summed E-state index contributed by atoms with van der Waals surface area (Å²) >= 11 is 12.1. The molecule has 0 aliphatic carbocycles. The Kier molecular flexibility index (Phi) is 7.93. The molecule has 0 aromatic heterocycles. The van der Waals surface area contributed by atoms with Gasteiger partial charge in [0.15, 0.2) is 0 Å². The molecule has 136 valence electrons. The van der Waals surface area contributed by atoms with Crippen molar-refractivity contribution in [3.63, 3.8) is 0 Å². The van der Waals surface area contributed by atoms with Crippen LogP contribution in [0.2, 0.25) is 10.0 Å². The number of hydrogen-bond acceptors (Lipinski definition) is 4. The van der Waals surface area contributed by atoms with Crippen LogP contribution in [0.3, 0.4) is 0 Å². The van der Waals surface area contributed by atoms with Gasteiger partial charge in [-0.15, -0.1) is 0 Å². The largest absolute Gasteiger partial charge is 0.512 e. The molecule has 0 bridgehead atoms. The first-order valence-electron chi connectivity index (χ1n) is 7.64. The standard InChI is InChI=1S/C17H20Cl2N2O4/c1-4-5-16(23)20-17(13-7-6-12(18)9-15(13)19)14(11(3)22)8-10(2)21(24)25/h6-9,17,22H,4-5H2,1-3H3,(H,20,23)/b10-8+,14-11-. The van der Waals surface area contributed by atoms with Crippen molar-refractivity contribution >= 4 is 29.1 Å². The lowest BCUT2D eigenvalue weighted by molar-refractivity contribution is -0.424. The van der Waals surface area contributed by atoms with Gasteiger partial charge in [-0.05, 0) is 31.0 Å². The fourth-order valence-corrected chi connectivity index (χ4v) is 2.71. The minimum absolute atomic E-state index is 0.158. The number of benzene rings is 1. The second-order valence-corrected chi connectivity index (χ2v) is 6.34. The average Bonchev–Trinajstić information content (AvgIpc) is 2.50. The van der Waals surface area contributed by atoms with Crippen molar-refractivity contribution in [1.82, 2.24) is 5.32 Å². The molecule has 25 heavy (non-hydrogen) atoms. The smallest absolute Gasteiger partial charge is 0.243 e. The van der Waals surface area contributed by atoms with E-state index in [2.05, 4.69) is 5.32 Å². The average molecular weight is 387 g/mol. The normalized spacial score (nSPS) is 13.9. The maximum absolute atomic E-state index is 12.1. The number of nitrogens with one attached hydrogen (secondary N) is 1. The minimum Gasteiger partial charge on any atom is -0.512 e. The monoisotopic (exact) mass is 386 g/mol. The fraction of sp³-hybridized carbons (Fsp3) is 0.353. The van der Waals surface area contributed by atoms with E-state index >= 15 is 0 Å². The number of carbonyl (C=O) groups excluding carboxylic acids is 1. The Morgan fingerprint density at radius 3 is 2.52 bits per heavy atom. The van der Waals surface area contributed by atoms with Crippen molar-refractivity contribution < 1.29 is 14.8 Å². The van der Waals surface area contributed by atoms with Gasteiger partial charge in [-0.2, -0.15) is 0 Å². The zero-order valence-electron chi connectivity index (χ0n) is 14.2. The predicted octanol–water partition coefficient (Wildman–Crippen LogP) is 4.96. The third kappa shape index (κ3) is 6.07. The number of nitrogens with zero attached hydrogens (tertiary/aromatic N) is 1. The van der Waals surface area contributed by atoms with E-state index in [4.69, 9.17) is 23.2 Å². The van der Waals surface area contributed by atoms with Crippen LogP contribution >= 0.6 is 23.2 Å². The predicted molar refractivity (Wildman–Crippen MR) is 98.3 cm³/mol. The molecule has 0 spiro atoms. The lowest BCUT2D eigenvalue weighted by Gasteiger charge is -2.22. The summed E-state index contributed by atoms with van der Waals surface area (Å²) in [6, 6.07) is 3.87. The number of amides is 1. The summed E-state index contributed by atoms with van der Waals surface area (Å²) in [5.74, 6) is -0.418. The quantitative estimate of drug-likeness (QED) is 0.299. The molecule has 0 aliphatic heterocycles. The van der Waals surface area contributed by atoms with Crippen LogP contribution in [0.4, 0.5) is 0 Å². The highest BCUT2D eigenvalue weighted by molar-refractivity contribution is 6.35. The number of rotatable bonds is 7. The van der Waals surface area contributed by atoms with E-state index in [1.165, 1.54) is 26.0 Å². The molecular formula is C17H20Cl2N2O4. The number of carbonyl (C=O) groups is 1. The van der Waals surface area contributed by atoms with Gasteiger partial charge in [0.2, 0.25) is 11.6 Å². The third-order valence-corrected chi connectivity index (χ3v) is 4.00. The van der Waals surface area contributed by atoms with Crippen LogP contribution in [0.5, 0.6) is 0 Å². The Morgan fingerprint density at radius 2 is 2.04 bits per heavy atom. The van der Waals surface area contributed by atoms with Gasteiger partial charge >= 0.3 is 0 Å². The number of aliphatic hydroxyl groups excluding tert-OH is 1. The van der Waals surface area contributed by atoms with Crippen LogP contribution in [0.25, 0.3) is 0 Å². The van der Waals surface area contributed by atoms with E-state index in [0.717, 1.165) is 0 Å². The molecule has 1 aromatic carbocycles. The van der Waals surface area contributed by atoms with Gasteiger partial charge in [-0.1, -0.05) is 36.2 Å². The lowest BCUT2D eigenvalue weighted by Crippen LogP contribution is -2.30. The number of aliphatic hydroxyl groups is 1. The highest BCUT2D eigenvalue weighted by Crippen LogP contribution is 2.33. The molecule has 6 nitrogen and oxygen atoms in total. The molecule has 1 aromatic rings. The molecule has 1 unspecified atom stereocenters. The molecular weight excluding hydrogens is 367 g/mol. The number of nitro groups is 1. The van der Waals surface area contributed by atoms with E-state index in [9.17, 15) is 20.0 Å². The van der Waals surface area contributed by atoms with Gasteiger partial charge < -0.3 is 10.4 Å². The molecule has 2 N–H and O–H groups in total. The lowest BCUT2D eigenvalue weighted by atomic mass is 9.96. The topological polar surface area (TPSA) is 92.5 Å². The SMILES string of the molecule is CCCC(=O)NC(C(/C=C(\C)[N+](=O)[O-])=C(/C)O)c1ccc(Cl)cc1Cl. The van der Waals surface area contributed by atoms with E-state index < -0.39 is 11.0 Å². The van der Waals surface area contributed by atoms with Crippen molar-refractivity contribution in [1.29, 1.82) is 0 Å². The Bertz CT molecular complexity index is 725. The van der Waals surface area contributed by atoms with E-state index in [1.54, 1.807) is 12.1 Å². The maximum Gasteiger partial charge on any atom is 0.243 e. The zero-order chi connectivity index (χ0) is 19.1. The van der Waals surface area contributed by atoms with E-state index in [0.29, 0.717) is 17.0 Å². The first-order valence-corrected chi connectivity index (χ1v) is 8.39. The van der Waals surface area contributed by atoms with Crippen molar-refractivity contribution in [2.24, 2.45) is 0 Å². The first kappa shape index (κ1) is 21.0. The molecule has 0 aliphatic rings. The summed E-state index contributed by atoms with van der Waals surface area (Å²) in [5.41, 5.74) is 0.484. The van der Waals surface area contributed by atoms with E-state index in [-0.39, 0.29) is 34.4 Å². The molecule has 1 atom stereocenters. The molecule has 1 amide bonds. The zero-order valence-corrected chi connectivity index (χ0v) is 15.7. The minimum atomic E-state index is -0.844. The third-order valence-electron chi connectivity index (χ3n) is 3.44. The summed E-state index contributed by atoms with van der Waals surface area (Å²) in [6.07, 6.45) is 2.13. The summed E-state index contributed by atoms with van der Waals surface area (Å²) in [6.45, 7) is 4.55. The van der Waals surface area contributed by atoms with Crippen molar-refractivity contribution in [3.8, 4) is 0 Å². The van der Waals surface area contributed by atoms with Gasteiger partial charge in [0.1, 0.15) is 0 Å². The Morgan fingerprint density at radius 1 is 1.40 bits per heavy atom. The highest BCUT2D eigenvalue weighted by Gasteiger charge is 2.24. The van der Waals surface area contributed by atoms with Crippen molar-refractivity contribution in [2.45, 2.75) is 39.7 Å². The highest BCUT2D eigenvalue weighted by atomic mass is 35.5. The summed E-state index contributed by atoms with van der Waals surface area (Å²) in [7, 11) is 0. The first-order chi connectivity index (χ1) is 11.7. The fourth-order valence-electron chi connectivity index (χ4n) is 2.19. The van der Waals surface area contributed by atoms with Gasteiger partial charge in [0.25, 0.3) is 0 Å². The Balaban J connectivity index is 3.47. The van der Waals surface area contributed by atoms with Gasteiger partial charge in [-0.25, -0.2) is 0 Å². The molecule has 0 fully saturated rings. The second-order valence-electron chi connectivity index (χ2n) is 5.50. The van der Waals surface area contributed by atoms with Crippen LogP contribution in [-0.4, -0.2) is 15.9 Å². The molecule has 8 heteroatoms. The number of hydrogen-bond donors (Lipinski definition) is 2. The van der Waals surface area contributed by atoms with Crippen LogP contribution < -0.4 is 5.32 Å². The second kappa shape index (κ2) is 9.44.